The van der Waals surface area contributed by atoms with Crippen molar-refractivity contribution in [1.29, 1.82) is 0 Å². The van der Waals surface area contributed by atoms with E-state index >= 15 is 0 Å². The number of anilines is 1. The molecule has 7 heteroatoms. The number of nitrogens with one attached hydrogen (secondary N) is 2. The fourth-order valence-electron chi connectivity index (χ4n) is 2.37. The molecule has 0 aliphatic rings. The van der Waals surface area contributed by atoms with Gasteiger partial charge in [-0.1, -0.05) is 23.7 Å². The molecule has 138 valence electrons. The number of carbonyl (C=O) groups excluding carboxylic acids is 1. The molecule has 2 aromatic rings. The first-order chi connectivity index (χ1) is 12.5. The van der Waals surface area contributed by atoms with Crippen molar-refractivity contribution in [3.8, 4) is 5.75 Å². The van der Waals surface area contributed by atoms with Gasteiger partial charge in [-0.15, -0.1) is 0 Å². The van der Waals surface area contributed by atoms with Gasteiger partial charge in [0.15, 0.2) is 5.11 Å². The van der Waals surface area contributed by atoms with E-state index < -0.39 is 5.97 Å². The number of thiocarbonyl (C=S) groups is 1. The van der Waals surface area contributed by atoms with E-state index in [9.17, 15) is 4.79 Å². The lowest BCUT2D eigenvalue weighted by atomic mass is 10.1. The summed E-state index contributed by atoms with van der Waals surface area (Å²) in [6.45, 7) is 0.723. The molecule has 0 aromatic heterocycles. The van der Waals surface area contributed by atoms with Crippen molar-refractivity contribution in [2.75, 3.05) is 26.1 Å². The van der Waals surface area contributed by atoms with E-state index in [1.165, 1.54) is 12.7 Å². The van der Waals surface area contributed by atoms with E-state index in [1.807, 2.05) is 18.2 Å². The summed E-state index contributed by atoms with van der Waals surface area (Å²) in [5, 5.41) is 7.00. The fraction of sp³-hybridized carbons (Fsp3) is 0.263. The summed E-state index contributed by atoms with van der Waals surface area (Å²) < 4.78 is 9.93. The van der Waals surface area contributed by atoms with Crippen molar-refractivity contribution in [2.24, 2.45) is 0 Å². The zero-order valence-corrected chi connectivity index (χ0v) is 16.2. The van der Waals surface area contributed by atoms with Crippen LogP contribution in [0.1, 0.15) is 22.3 Å². The summed E-state index contributed by atoms with van der Waals surface area (Å²) in [6, 6.07) is 13.0. The Morgan fingerprint density at radius 2 is 2.00 bits per heavy atom. The summed E-state index contributed by atoms with van der Waals surface area (Å²) in [7, 11) is 2.97. The Morgan fingerprint density at radius 1 is 1.19 bits per heavy atom. The fourth-order valence-corrected chi connectivity index (χ4v) is 2.78. The van der Waals surface area contributed by atoms with Gasteiger partial charge in [-0.2, -0.15) is 0 Å². The van der Waals surface area contributed by atoms with Gasteiger partial charge < -0.3 is 20.1 Å². The molecule has 0 fully saturated rings. The van der Waals surface area contributed by atoms with E-state index in [0.29, 0.717) is 21.4 Å². The second-order valence-electron chi connectivity index (χ2n) is 5.52. The lowest BCUT2D eigenvalue weighted by Gasteiger charge is -2.12. The summed E-state index contributed by atoms with van der Waals surface area (Å²) in [6.07, 6.45) is 1.84. The molecule has 2 aromatic carbocycles. The number of rotatable bonds is 7. The number of aryl methyl sites for hydroxylation is 1. The average molecular weight is 393 g/mol. The van der Waals surface area contributed by atoms with Gasteiger partial charge in [0.2, 0.25) is 0 Å². The Morgan fingerprint density at radius 3 is 2.73 bits per heavy atom. The Hall–Kier alpha value is -2.31. The molecule has 2 rings (SSSR count). The molecular weight excluding hydrogens is 372 g/mol. The third-order valence-corrected chi connectivity index (χ3v) is 4.27. The number of hydrogen-bond donors (Lipinski definition) is 2. The van der Waals surface area contributed by atoms with Gasteiger partial charge in [0.05, 0.1) is 24.8 Å². The highest BCUT2D eigenvalue weighted by Crippen LogP contribution is 2.21. The molecule has 5 nitrogen and oxygen atoms in total. The summed E-state index contributed by atoms with van der Waals surface area (Å²) in [5.74, 6) is 0.368. The predicted octanol–water partition coefficient (Wildman–Crippen LogP) is 4.05. The molecule has 0 bridgehead atoms. The van der Waals surface area contributed by atoms with Crippen LogP contribution in [-0.2, 0) is 11.2 Å². The molecule has 0 spiro atoms. The second kappa shape index (κ2) is 9.99. The number of carbonyl (C=O) groups is 1. The van der Waals surface area contributed by atoms with Gasteiger partial charge in [0, 0.05) is 12.2 Å². The number of benzene rings is 2. The van der Waals surface area contributed by atoms with Crippen LogP contribution in [-0.4, -0.2) is 31.8 Å². The van der Waals surface area contributed by atoms with Crippen LogP contribution >= 0.6 is 23.8 Å². The number of esters is 1. The second-order valence-corrected chi connectivity index (χ2v) is 6.34. The van der Waals surface area contributed by atoms with Crippen molar-refractivity contribution >= 4 is 40.6 Å². The minimum atomic E-state index is -0.490. The molecule has 0 unspecified atom stereocenters. The number of hydrogen-bond acceptors (Lipinski definition) is 4. The number of ether oxygens (including phenoxy) is 2. The van der Waals surface area contributed by atoms with Gasteiger partial charge in [-0.25, -0.2) is 4.79 Å². The SMILES string of the molecule is COC(=O)c1cc(NC(=S)NCCCc2cccc(OC)c2)ccc1Cl. The van der Waals surface area contributed by atoms with Gasteiger partial charge in [0.25, 0.3) is 0 Å². The molecule has 0 saturated carbocycles. The van der Waals surface area contributed by atoms with E-state index in [4.69, 9.17) is 33.3 Å². The zero-order valence-electron chi connectivity index (χ0n) is 14.7. The molecule has 0 aliphatic carbocycles. The first kappa shape index (κ1) is 20.0. The highest BCUT2D eigenvalue weighted by Gasteiger charge is 2.11. The predicted molar refractivity (Wildman–Crippen MR) is 108 cm³/mol. The van der Waals surface area contributed by atoms with Crippen LogP contribution in [0.2, 0.25) is 5.02 Å². The third kappa shape index (κ3) is 5.89. The maximum Gasteiger partial charge on any atom is 0.339 e. The van der Waals surface area contributed by atoms with Crippen molar-refractivity contribution in [3.63, 3.8) is 0 Å². The quantitative estimate of drug-likeness (QED) is 0.421. The maximum absolute atomic E-state index is 11.7. The molecule has 2 N–H and O–H groups in total. The number of halogens is 1. The highest BCUT2D eigenvalue weighted by atomic mass is 35.5. The van der Waals surface area contributed by atoms with Crippen LogP contribution < -0.4 is 15.4 Å². The van der Waals surface area contributed by atoms with Gasteiger partial charge in [-0.05, 0) is 61.0 Å². The van der Waals surface area contributed by atoms with E-state index in [1.54, 1.807) is 25.3 Å². The first-order valence-electron chi connectivity index (χ1n) is 8.09. The monoisotopic (exact) mass is 392 g/mol. The topological polar surface area (TPSA) is 59.6 Å². The molecular formula is C19H21ClN2O3S. The Labute approximate surface area is 163 Å². The minimum absolute atomic E-state index is 0.292. The average Bonchev–Trinajstić information content (AvgIpc) is 2.66. The highest BCUT2D eigenvalue weighted by molar-refractivity contribution is 7.80. The standard InChI is InChI=1S/C19H21ClN2O3S/c1-24-15-7-3-5-13(11-15)6-4-10-21-19(26)22-14-8-9-17(20)16(12-14)18(23)25-2/h3,5,7-9,11-12H,4,6,10H2,1-2H3,(H2,21,22,26). The Balaban J connectivity index is 1.81. The largest absolute Gasteiger partial charge is 0.497 e. The molecule has 0 saturated heterocycles. The van der Waals surface area contributed by atoms with Crippen molar-refractivity contribution in [1.82, 2.24) is 5.32 Å². The van der Waals surface area contributed by atoms with Crippen molar-refractivity contribution in [3.05, 3.63) is 58.6 Å². The molecule has 0 radical (unpaired) electrons. The molecule has 26 heavy (non-hydrogen) atoms. The van der Waals surface area contributed by atoms with Crippen LogP contribution in [0, 0.1) is 0 Å². The lowest BCUT2D eigenvalue weighted by Crippen LogP contribution is -2.29. The molecule has 0 heterocycles. The molecule has 0 amide bonds. The van der Waals surface area contributed by atoms with Crippen LogP contribution in [0.4, 0.5) is 5.69 Å². The maximum atomic E-state index is 11.7. The van der Waals surface area contributed by atoms with Gasteiger partial charge in [0.1, 0.15) is 5.75 Å². The summed E-state index contributed by atoms with van der Waals surface area (Å²) >= 11 is 11.3. The van der Waals surface area contributed by atoms with Crippen LogP contribution in [0.3, 0.4) is 0 Å². The minimum Gasteiger partial charge on any atom is -0.497 e. The van der Waals surface area contributed by atoms with Crippen LogP contribution in [0.25, 0.3) is 0 Å². The normalized spacial score (nSPS) is 10.1. The van der Waals surface area contributed by atoms with Gasteiger partial charge >= 0.3 is 5.97 Å². The number of methoxy groups -OCH3 is 2. The van der Waals surface area contributed by atoms with E-state index in [-0.39, 0.29) is 0 Å². The smallest absolute Gasteiger partial charge is 0.339 e. The summed E-state index contributed by atoms with van der Waals surface area (Å²) in [4.78, 5) is 11.7. The zero-order chi connectivity index (χ0) is 18.9. The van der Waals surface area contributed by atoms with Crippen LogP contribution in [0.5, 0.6) is 5.75 Å². The van der Waals surface area contributed by atoms with Crippen molar-refractivity contribution in [2.45, 2.75) is 12.8 Å². The van der Waals surface area contributed by atoms with Crippen molar-refractivity contribution < 1.29 is 14.3 Å². The van der Waals surface area contributed by atoms with E-state index in [2.05, 4.69) is 16.7 Å². The first-order valence-corrected chi connectivity index (χ1v) is 8.87. The molecule has 0 aliphatic heterocycles. The van der Waals surface area contributed by atoms with Gasteiger partial charge in [-0.3, -0.25) is 0 Å². The van der Waals surface area contributed by atoms with Crippen LogP contribution in [0.15, 0.2) is 42.5 Å². The lowest BCUT2D eigenvalue weighted by molar-refractivity contribution is 0.0601. The Bertz CT molecular complexity index is 783. The van der Waals surface area contributed by atoms with E-state index in [0.717, 1.165) is 25.1 Å². The third-order valence-electron chi connectivity index (χ3n) is 3.69. The summed E-state index contributed by atoms with van der Waals surface area (Å²) in [5.41, 5.74) is 2.17. The molecule has 0 atom stereocenters. The Kier molecular flexibility index (Phi) is 7.69.